The summed E-state index contributed by atoms with van der Waals surface area (Å²) >= 11 is 0. The smallest absolute Gasteiger partial charge is 0.313 e. The molecule has 3 heterocycles. The van der Waals surface area contributed by atoms with Crippen LogP contribution in [0, 0.1) is 11.3 Å². The second-order valence-corrected chi connectivity index (χ2v) is 8.33. The van der Waals surface area contributed by atoms with Crippen LogP contribution in [0.4, 0.5) is 0 Å². The quantitative estimate of drug-likeness (QED) is 0.776. The zero-order valence-electron chi connectivity index (χ0n) is 15.7. The number of hydrogen-bond acceptors (Lipinski definition) is 6. The van der Waals surface area contributed by atoms with Crippen LogP contribution < -0.4 is 0 Å². The fraction of sp³-hybridized carbons (Fsp3) is 0.833. The van der Waals surface area contributed by atoms with Crippen molar-refractivity contribution in [2.75, 3.05) is 26.2 Å². The first-order valence-electron chi connectivity index (χ1n) is 10.0. The van der Waals surface area contributed by atoms with Crippen molar-refractivity contribution in [3.05, 3.63) is 6.33 Å². The lowest BCUT2D eigenvalue weighted by Gasteiger charge is -2.33. The Hall–Kier alpha value is -2.03. The minimum absolute atomic E-state index is 0.0420. The number of aryl methyl sites for hydroxylation is 1. The Labute approximate surface area is 158 Å². The van der Waals surface area contributed by atoms with Crippen molar-refractivity contribution in [2.24, 2.45) is 11.3 Å². The number of amides is 1. The lowest BCUT2D eigenvalue weighted by molar-refractivity contribution is -0.149. The van der Waals surface area contributed by atoms with E-state index >= 15 is 0 Å². The molecular formula is C18H28N6O3. The number of nitrogens with zero attached hydrogens (tertiary/aromatic N) is 6. The molecule has 2 saturated heterocycles. The Morgan fingerprint density at radius 2 is 1.96 bits per heavy atom. The summed E-state index contributed by atoms with van der Waals surface area (Å²) in [7, 11) is 0. The third kappa shape index (κ3) is 3.56. The first kappa shape index (κ1) is 18.3. The van der Waals surface area contributed by atoms with Gasteiger partial charge in [-0.1, -0.05) is 19.3 Å². The van der Waals surface area contributed by atoms with E-state index in [-0.39, 0.29) is 11.8 Å². The molecule has 3 fully saturated rings. The monoisotopic (exact) mass is 376 g/mol. The molecule has 0 spiro atoms. The van der Waals surface area contributed by atoms with Crippen LogP contribution in [0.25, 0.3) is 0 Å². The molecule has 1 amide bonds. The molecule has 1 aromatic rings. The molecule has 1 aromatic heterocycles. The van der Waals surface area contributed by atoms with E-state index in [4.69, 9.17) is 0 Å². The number of rotatable bonds is 6. The second kappa shape index (κ2) is 7.53. The lowest BCUT2D eigenvalue weighted by atomic mass is 9.81. The van der Waals surface area contributed by atoms with E-state index in [0.717, 1.165) is 6.54 Å². The molecule has 1 aliphatic carbocycles. The van der Waals surface area contributed by atoms with Crippen LogP contribution in [0.3, 0.4) is 0 Å². The maximum absolute atomic E-state index is 12.6. The van der Waals surface area contributed by atoms with Gasteiger partial charge in [0.2, 0.25) is 5.91 Å². The average molecular weight is 376 g/mol. The molecule has 148 valence electrons. The number of aliphatic carboxylic acids is 1. The summed E-state index contributed by atoms with van der Waals surface area (Å²) in [5.41, 5.74) is -0.789. The van der Waals surface area contributed by atoms with Crippen LogP contribution in [0.1, 0.15) is 44.9 Å². The van der Waals surface area contributed by atoms with Crippen molar-refractivity contribution in [1.29, 1.82) is 0 Å². The molecular weight excluding hydrogens is 348 g/mol. The van der Waals surface area contributed by atoms with Crippen molar-refractivity contribution >= 4 is 11.9 Å². The normalized spacial score (nSPS) is 29.2. The molecule has 4 rings (SSSR count). The van der Waals surface area contributed by atoms with Gasteiger partial charge in [0.1, 0.15) is 11.7 Å². The summed E-state index contributed by atoms with van der Waals surface area (Å²) in [6.07, 6.45) is 8.74. The second-order valence-electron chi connectivity index (χ2n) is 8.33. The van der Waals surface area contributed by atoms with Gasteiger partial charge in [-0.25, -0.2) is 4.68 Å². The predicted molar refractivity (Wildman–Crippen MR) is 95.6 cm³/mol. The number of aromatic nitrogens is 4. The maximum Gasteiger partial charge on any atom is 0.313 e. The van der Waals surface area contributed by atoms with Crippen LogP contribution in [0.2, 0.25) is 0 Å². The zero-order chi connectivity index (χ0) is 18.9. The molecule has 9 nitrogen and oxygen atoms in total. The number of likely N-dealkylation sites (tertiary alicyclic amines) is 2. The first-order valence-corrected chi connectivity index (χ1v) is 10.0. The molecule has 2 aliphatic heterocycles. The highest BCUT2D eigenvalue weighted by molar-refractivity contribution is 5.81. The maximum atomic E-state index is 12.6. The Balaban J connectivity index is 1.34. The van der Waals surface area contributed by atoms with Crippen LogP contribution in [-0.2, 0) is 16.1 Å². The van der Waals surface area contributed by atoms with Gasteiger partial charge in [0.25, 0.3) is 0 Å². The van der Waals surface area contributed by atoms with Crippen molar-refractivity contribution in [3.8, 4) is 0 Å². The molecule has 27 heavy (non-hydrogen) atoms. The highest BCUT2D eigenvalue weighted by atomic mass is 16.4. The van der Waals surface area contributed by atoms with E-state index < -0.39 is 11.4 Å². The molecule has 1 N–H and O–H groups in total. The largest absolute Gasteiger partial charge is 0.481 e. The van der Waals surface area contributed by atoms with Crippen LogP contribution in [0.15, 0.2) is 6.33 Å². The number of carbonyl (C=O) groups excluding carboxylic acids is 1. The van der Waals surface area contributed by atoms with Crippen molar-refractivity contribution in [2.45, 2.75) is 57.5 Å². The molecule has 1 saturated carbocycles. The summed E-state index contributed by atoms with van der Waals surface area (Å²) in [5.74, 6) is -0.655. The molecule has 0 bridgehead atoms. The lowest BCUT2D eigenvalue weighted by Crippen LogP contribution is -2.44. The number of carboxylic acids is 1. The van der Waals surface area contributed by atoms with Gasteiger partial charge in [-0.3, -0.25) is 14.5 Å². The Morgan fingerprint density at radius 3 is 2.63 bits per heavy atom. The number of carboxylic acid groups (broad SMARTS) is 1. The average Bonchev–Trinajstić information content (AvgIpc) is 3.37. The van der Waals surface area contributed by atoms with E-state index in [1.807, 2.05) is 0 Å². The van der Waals surface area contributed by atoms with E-state index in [2.05, 4.69) is 20.4 Å². The summed E-state index contributed by atoms with van der Waals surface area (Å²) in [6, 6.07) is 0.529. The summed E-state index contributed by atoms with van der Waals surface area (Å²) < 4.78 is 1.60. The number of tetrazole rings is 1. The van der Waals surface area contributed by atoms with Crippen molar-refractivity contribution < 1.29 is 14.7 Å². The van der Waals surface area contributed by atoms with Crippen molar-refractivity contribution in [3.63, 3.8) is 0 Å². The Morgan fingerprint density at radius 1 is 1.15 bits per heavy atom. The standard InChI is InChI=1S/C18H28N6O3/c25-16(7-4-8-24-13-19-20-21-24)23-10-14-9-22(15-5-2-1-3-6-15)11-18(14,12-23)17(26)27/h13-15H,1-12H2,(H,26,27)/t14-,18-/m1/s1. The summed E-state index contributed by atoms with van der Waals surface area (Å²) in [4.78, 5) is 29.0. The third-order valence-electron chi connectivity index (χ3n) is 6.67. The van der Waals surface area contributed by atoms with Gasteiger partial charge in [-0.15, -0.1) is 5.10 Å². The first-order chi connectivity index (χ1) is 13.1. The molecule has 3 aliphatic rings. The van der Waals surface area contributed by atoms with E-state index in [9.17, 15) is 14.7 Å². The van der Waals surface area contributed by atoms with Gasteiger partial charge in [-0.2, -0.15) is 0 Å². The van der Waals surface area contributed by atoms with Crippen LogP contribution in [-0.4, -0.2) is 79.2 Å². The Kier molecular flexibility index (Phi) is 5.12. The number of hydrogen-bond donors (Lipinski definition) is 1. The fourth-order valence-corrected chi connectivity index (χ4v) is 5.15. The van der Waals surface area contributed by atoms with Crippen LogP contribution >= 0.6 is 0 Å². The summed E-state index contributed by atoms with van der Waals surface area (Å²) in [5, 5.41) is 20.9. The van der Waals surface area contributed by atoms with E-state index in [1.165, 1.54) is 38.4 Å². The van der Waals surface area contributed by atoms with Gasteiger partial charge in [0, 0.05) is 51.1 Å². The molecule has 0 radical (unpaired) electrons. The molecule has 9 heteroatoms. The van der Waals surface area contributed by atoms with E-state index in [0.29, 0.717) is 45.1 Å². The van der Waals surface area contributed by atoms with E-state index in [1.54, 1.807) is 9.58 Å². The van der Waals surface area contributed by atoms with Gasteiger partial charge in [-0.05, 0) is 29.7 Å². The predicted octanol–water partition coefficient (Wildman–Crippen LogP) is 0.631. The highest BCUT2D eigenvalue weighted by Crippen LogP contribution is 2.45. The highest BCUT2D eigenvalue weighted by Gasteiger charge is 2.59. The molecule has 2 atom stereocenters. The summed E-state index contributed by atoms with van der Waals surface area (Å²) in [6.45, 7) is 2.91. The topological polar surface area (TPSA) is 104 Å². The minimum Gasteiger partial charge on any atom is -0.481 e. The molecule has 0 unspecified atom stereocenters. The van der Waals surface area contributed by atoms with Gasteiger partial charge in [0.05, 0.1) is 0 Å². The fourth-order valence-electron chi connectivity index (χ4n) is 5.15. The molecule has 0 aromatic carbocycles. The SMILES string of the molecule is O=C(CCCn1cnnn1)N1C[C@H]2CN(C3CCCCC3)C[C@@]2(C(=O)O)C1. The number of fused-ring (bicyclic) bond motifs is 1. The van der Waals surface area contributed by atoms with Gasteiger partial charge < -0.3 is 10.0 Å². The van der Waals surface area contributed by atoms with Crippen LogP contribution in [0.5, 0.6) is 0 Å². The zero-order valence-corrected chi connectivity index (χ0v) is 15.7. The Bertz CT molecular complexity index is 675. The van der Waals surface area contributed by atoms with Gasteiger partial charge >= 0.3 is 5.97 Å². The minimum atomic E-state index is -0.789. The van der Waals surface area contributed by atoms with Gasteiger partial charge in [0.15, 0.2) is 0 Å². The van der Waals surface area contributed by atoms with Crippen molar-refractivity contribution in [1.82, 2.24) is 30.0 Å². The third-order valence-corrected chi connectivity index (χ3v) is 6.67. The number of carbonyl (C=O) groups is 2.